The topological polar surface area (TPSA) is 55.6 Å². The third-order valence-electron chi connectivity index (χ3n) is 3.86. The van der Waals surface area contributed by atoms with Crippen molar-refractivity contribution in [2.75, 3.05) is 20.1 Å². The van der Waals surface area contributed by atoms with Gasteiger partial charge in [-0.2, -0.15) is 0 Å². The predicted octanol–water partition coefficient (Wildman–Crippen LogP) is 0.751. The molecule has 0 aromatic heterocycles. The van der Waals surface area contributed by atoms with Crippen LogP contribution in [-0.4, -0.2) is 43.2 Å². The zero-order valence-electron chi connectivity index (χ0n) is 10.0. The number of rotatable bonds is 3. The van der Waals surface area contributed by atoms with Gasteiger partial charge >= 0.3 is 0 Å². The highest BCUT2D eigenvalue weighted by Gasteiger charge is 2.34. The molecule has 0 radical (unpaired) electrons. The van der Waals surface area contributed by atoms with E-state index in [4.69, 9.17) is 10.5 Å². The van der Waals surface area contributed by atoms with E-state index in [0.29, 0.717) is 12.5 Å². The zero-order valence-corrected chi connectivity index (χ0v) is 10.0. The van der Waals surface area contributed by atoms with Crippen LogP contribution in [-0.2, 0) is 9.53 Å². The molecule has 2 N–H and O–H groups in total. The van der Waals surface area contributed by atoms with Gasteiger partial charge in [0.15, 0.2) is 0 Å². The van der Waals surface area contributed by atoms with Crippen LogP contribution in [0.4, 0.5) is 0 Å². The number of ether oxygens (including phenoxy) is 1. The summed E-state index contributed by atoms with van der Waals surface area (Å²) in [7, 11) is 1.84. The zero-order chi connectivity index (χ0) is 11.5. The average molecular weight is 226 g/mol. The lowest BCUT2D eigenvalue weighted by Crippen LogP contribution is -2.38. The lowest BCUT2D eigenvalue weighted by atomic mass is 9.86. The van der Waals surface area contributed by atoms with E-state index in [1.807, 2.05) is 7.05 Å². The number of likely N-dealkylation sites (N-methyl/N-ethyl adjacent to an activating group) is 1. The summed E-state index contributed by atoms with van der Waals surface area (Å²) in [6.07, 6.45) is 5.51. The van der Waals surface area contributed by atoms with E-state index in [0.717, 1.165) is 25.8 Å². The Labute approximate surface area is 97.1 Å². The summed E-state index contributed by atoms with van der Waals surface area (Å²) in [5, 5.41) is 0. The maximum atomic E-state index is 11.7. The van der Waals surface area contributed by atoms with E-state index in [1.54, 1.807) is 4.90 Å². The van der Waals surface area contributed by atoms with Gasteiger partial charge in [-0.15, -0.1) is 0 Å². The van der Waals surface area contributed by atoms with E-state index in [-0.39, 0.29) is 18.1 Å². The molecule has 1 amide bonds. The SMILES string of the molecule is CN1CCC(OC2CCCCC2CN)C1=O. The van der Waals surface area contributed by atoms with Gasteiger partial charge in [-0.1, -0.05) is 12.8 Å². The van der Waals surface area contributed by atoms with Crippen molar-refractivity contribution in [1.29, 1.82) is 0 Å². The Morgan fingerprint density at radius 3 is 2.75 bits per heavy atom. The summed E-state index contributed by atoms with van der Waals surface area (Å²) in [6.45, 7) is 1.50. The maximum absolute atomic E-state index is 11.7. The molecule has 1 heterocycles. The van der Waals surface area contributed by atoms with Crippen LogP contribution < -0.4 is 5.73 Å². The van der Waals surface area contributed by atoms with Crippen LogP contribution in [0.3, 0.4) is 0 Å². The summed E-state index contributed by atoms with van der Waals surface area (Å²) in [5.74, 6) is 0.591. The molecule has 16 heavy (non-hydrogen) atoms. The molecule has 2 rings (SSSR count). The van der Waals surface area contributed by atoms with Crippen LogP contribution in [0.25, 0.3) is 0 Å². The van der Waals surface area contributed by atoms with Crippen molar-refractivity contribution < 1.29 is 9.53 Å². The Hall–Kier alpha value is -0.610. The van der Waals surface area contributed by atoms with Gasteiger partial charge in [-0.25, -0.2) is 0 Å². The quantitative estimate of drug-likeness (QED) is 0.772. The van der Waals surface area contributed by atoms with Crippen LogP contribution in [0.2, 0.25) is 0 Å². The molecule has 0 spiro atoms. The second-order valence-corrected chi connectivity index (χ2v) is 4.99. The number of carbonyl (C=O) groups is 1. The van der Waals surface area contributed by atoms with Crippen LogP contribution in [0, 0.1) is 5.92 Å². The van der Waals surface area contributed by atoms with Crippen molar-refractivity contribution in [3.8, 4) is 0 Å². The minimum atomic E-state index is -0.206. The summed E-state index contributed by atoms with van der Waals surface area (Å²) in [6, 6.07) is 0. The van der Waals surface area contributed by atoms with E-state index in [1.165, 1.54) is 12.8 Å². The lowest BCUT2D eigenvalue weighted by Gasteiger charge is -2.32. The first kappa shape index (κ1) is 11.9. The molecular formula is C12H22N2O2. The smallest absolute Gasteiger partial charge is 0.251 e. The normalized spacial score (nSPS) is 35.8. The van der Waals surface area contributed by atoms with Crippen molar-refractivity contribution in [2.45, 2.75) is 44.3 Å². The number of likely N-dealkylation sites (tertiary alicyclic amines) is 1. The van der Waals surface area contributed by atoms with Crippen LogP contribution >= 0.6 is 0 Å². The van der Waals surface area contributed by atoms with Crippen LogP contribution in [0.1, 0.15) is 32.1 Å². The van der Waals surface area contributed by atoms with Crippen molar-refractivity contribution >= 4 is 5.91 Å². The van der Waals surface area contributed by atoms with Gasteiger partial charge in [0.1, 0.15) is 6.10 Å². The number of amides is 1. The van der Waals surface area contributed by atoms with Crippen molar-refractivity contribution in [3.05, 3.63) is 0 Å². The van der Waals surface area contributed by atoms with Crippen molar-refractivity contribution in [2.24, 2.45) is 11.7 Å². The molecule has 1 aliphatic heterocycles. The molecule has 1 saturated carbocycles. The first-order valence-corrected chi connectivity index (χ1v) is 6.33. The molecule has 3 atom stereocenters. The number of hydrogen-bond donors (Lipinski definition) is 1. The fourth-order valence-electron chi connectivity index (χ4n) is 2.75. The molecule has 1 aliphatic carbocycles. The van der Waals surface area contributed by atoms with Gasteiger partial charge in [-0.3, -0.25) is 4.79 Å². The highest BCUT2D eigenvalue weighted by molar-refractivity contribution is 5.82. The van der Waals surface area contributed by atoms with Crippen LogP contribution in [0.5, 0.6) is 0 Å². The van der Waals surface area contributed by atoms with E-state index >= 15 is 0 Å². The minimum Gasteiger partial charge on any atom is -0.365 e. The summed E-state index contributed by atoms with van der Waals surface area (Å²) in [5.41, 5.74) is 5.75. The number of nitrogens with two attached hydrogens (primary N) is 1. The number of hydrogen-bond acceptors (Lipinski definition) is 3. The van der Waals surface area contributed by atoms with Gasteiger partial charge in [-0.05, 0) is 25.3 Å². The molecule has 4 heteroatoms. The minimum absolute atomic E-state index is 0.140. The fourth-order valence-corrected chi connectivity index (χ4v) is 2.75. The lowest BCUT2D eigenvalue weighted by molar-refractivity contribution is -0.142. The van der Waals surface area contributed by atoms with Crippen molar-refractivity contribution in [3.63, 3.8) is 0 Å². The molecule has 0 bridgehead atoms. The average Bonchev–Trinajstić information content (AvgIpc) is 2.62. The molecule has 2 aliphatic rings. The summed E-state index contributed by atoms with van der Waals surface area (Å²) < 4.78 is 5.97. The Morgan fingerprint density at radius 1 is 1.38 bits per heavy atom. The third kappa shape index (κ3) is 2.38. The van der Waals surface area contributed by atoms with Crippen molar-refractivity contribution in [1.82, 2.24) is 4.90 Å². The highest BCUT2D eigenvalue weighted by Crippen LogP contribution is 2.28. The molecular weight excluding hydrogens is 204 g/mol. The number of nitrogens with zero attached hydrogens (tertiary/aromatic N) is 1. The molecule has 92 valence electrons. The van der Waals surface area contributed by atoms with E-state index in [9.17, 15) is 4.79 Å². The molecule has 0 aromatic carbocycles. The molecule has 2 fully saturated rings. The molecule has 0 aromatic rings. The van der Waals surface area contributed by atoms with Gasteiger partial charge < -0.3 is 15.4 Å². The second kappa shape index (κ2) is 5.15. The first-order chi connectivity index (χ1) is 7.72. The van der Waals surface area contributed by atoms with Gasteiger partial charge in [0.25, 0.3) is 5.91 Å². The summed E-state index contributed by atoms with van der Waals surface area (Å²) in [4.78, 5) is 13.5. The maximum Gasteiger partial charge on any atom is 0.251 e. The van der Waals surface area contributed by atoms with Gasteiger partial charge in [0.05, 0.1) is 6.10 Å². The van der Waals surface area contributed by atoms with Gasteiger partial charge in [0, 0.05) is 20.0 Å². The Morgan fingerprint density at radius 2 is 2.12 bits per heavy atom. The Balaban J connectivity index is 1.90. The standard InChI is InChI=1S/C12H22N2O2/c1-14-7-6-11(12(14)15)16-10-5-3-2-4-9(10)8-13/h9-11H,2-8,13H2,1H3. The number of carbonyl (C=O) groups excluding carboxylic acids is 1. The van der Waals surface area contributed by atoms with E-state index < -0.39 is 0 Å². The second-order valence-electron chi connectivity index (χ2n) is 4.99. The predicted molar refractivity (Wildman–Crippen MR) is 61.9 cm³/mol. The van der Waals surface area contributed by atoms with Crippen LogP contribution in [0.15, 0.2) is 0 Å². The third-order valence-corrected chi connectivity index (χ3v) is 3.86. The summed E-state index contributed by atoms with van der Waals surface area (Å²) >= 11 is 0. The first-order valence-electron chi connectivity index (χ1n) is 6.33. The molecule has 4 nitrogen and oxygen atoms in total. The van der Waals surface area contributed by atoms with E-state index in [2.05, 4.69) is 0 Å². The van der Waals surface area contributed by atoms with Gasteiger partial charge in [0.2, 0.25) is 0 Å². The monoisotopic (exact) mass is 226 g/mol. The Kier molecular flexibility index (Phi) is 3.82. The Bertz CT molecular complexity index is 257. The molecule has 3 unspecified atom stereocenters. The highest BCUT2D eigenvalue weighted by atomic mass is 16.5. The fraction of sp³-hybridized carbons (Fsp3) is 0.917. The largest absolute Gasteiger partial charge is 0.365 e. The molecule has 1 saturated heterocycles.